The van der Waals surface area contributed by atoms with Gasteiger partial charge in [0.2, 0.25) is 0 Å². The van der Waals surface area contributed by atoms with Gasteiger partial charge in [0.15, 0.2) is 0 Å². The van der Waals surface area contributed by atoms with Crippen LogP contribution in [0.1, 0.15) is 54.4 Å². The molecule has 0 saturated carbocycles. The normalized spacial score (nSPS) is 17.5. The Morgan fingerprint density at radius 2 is 1.83 bits per heavy atom. The minimum Gasteiger partial charge on any atom is -0.382 e. The molecule has 0 spiro atoms. The minimum absolute atomic E-state index is 0.0121. The molecule has 3 N–H and O–H groups in total. The molecule has 1 aromatic carbocycles. The van der Waals surface area contributed by atoms with Crippen molar-refractivity contribution in [2.75, 3.05) is 31.7 Å². The molecule has 1 aliphatic rings. The second kappa shape index (κ2) is 10.8. The topological polar surface area (TPSA) is 122 Å². The molecule has 10 nitrogen and oxygen atoms in total. The van der Waals surface area contributed by atoms with Gasteiger partial charge in [-0.05, 0) is 44.0 Å². The van der Waals surface area contributed by atoms with E-state index in [9.17, 15) is 18.4 Å². The Morgan fingerprint density at radius 3 is 2.51 bits per heavy atom. The van der Waals surface area contributed by atoms with E-state index in [0.29, 0.717) is 29.1 Å². The van der Waals surface area contributed by atoms with Crippen LogP contribution in [0.25, 0.3) is 16.8 Å². The molecule has 12 heteroatoms. The number of urea groups is 1. The van der Waals surface area contributed by atoms with Crippen molar-refractivity contribution in [1.82, 2.24) is 29.2 Å². The van der Waals surface area contributed by atoms with Crippen molar-refractivity contribution in [3.63, 3.8) is 0 Å². The number of pyridine rings is 1. The first-order chi connectivity index (χ1) is 19.4. The number of nitrogen functional groups attached to an aromatic ring is 1. The Bertz CT molecular complexity index is 1600. The van der Waals surface area contributed by atoms with Crippen LogP contribution in [0.15, 0.2) is 55.0 Å². The number of benzene rings is 1. The predicted octanol–water partition coefficient (Wildman–Crippen LogP) is 4.99. The van der Waals surface area contributed by atoms with Gasteiger partial charge >= 0.3 is 6.03 Å². The van der Waals surface area contributed by atoms with Gasteiger partial charge in [-0.3, -0.25) is 9.20 Å². The number of nitrogens with one attached hydrogen (secondary N) is 1. The average Bonchev–Trinajstić information content (AvgIpc) is 3.33. The lowest BCUT2D eigenvalue weighted by Crippen LogP contribution is -2.49. The number of carbonyl (C=O) groups excluding carboxylic acids is 2. The number of hydrogen-bond acceptors (Lipinski definition) is 6. The summed E-state index contributed by atoms with van der Waals surface area (Å²) in [6.45, 7) is 3.36. The third-order valence-electron chi connectivity index (χ3n) is 7.41. The summed E-state index contributed by atoms with van der Waals surface area (Å²) in [5, 5.41) is 2.57. The molecular formula is C29H32F2N8O2. The third-order valence-corrected chi connectivity index (χ3v) is 7.41. The first-order valence-corrected chi connectivity index (χ1v) is 13.3. The van der Waals surface area contributed by atoms with Gasteiger partial charge in [-0.1, -0.05) is 12.1 Å². The maximum atomic E-state index is 13.7. The number of aromatic nitrogens is 4. The second-order valence-electron chi connectivity index (χ2n) is 10.7. The Balaban J connectivity index is 1.43. The van der Waals surface area contributed by atoms with Crippen LogP contribution in [0.4, 0.5) is 25.2 Å². The van der Waals surface area contributed by atoms with Crippen LogP contribution in [-0.2, 0) is 5.92 Å². The van der Waals surface area contributed by atoms with E-state index in [1.807, 2.05) is 15.5 Å². The fourth-order valence-corrected chi connectivity index (χ4v) is 5.16. The molecule has 41 heavy (non-hydrogen) atoms. The lowest BCUT2D eigenvalue weighted by molar-refractivity contribution is 0.0174. The number of likely N-dealkylation sites (tertiary alicyclic amines) is 1. The summed E-state index contributed by atoms with van der Waals surface area (Å²) in [5.74, 6) is -2.42. The number of piperidine rings is 1. The molecule has 3 amide bonds. The van der Waals surface area contributed by atoms with E-state index >= 15 is 0 Å². The van der Waals surface area contributed by atoms with Crippen molar-refractivity contribution in [1.29, 1.82) is 0 Å². The number of nitrogens with zero attached hydrogens (tertiary/aromatic N) is 6. The largest absolute Gasteiger partial charge is 0.382 e. The number of rotatable bonds is 5. The van der Waals surface area contributed by atoms with E-state index in [1.165, 1.54) is 12.3 Å². The van der Waals surface area contributed by atoms with Crippen molar-refractivity contribution in [2.45, 2.75) is 44.6 Å². The summed E-state index contributed by atoms with van der Waals surface area (Å²) >= 11 is 0. The first-order valence-electron chi connectivity index (χ1n) is 13.3. The fraction of sp³-hybridized carbons (Fsp3) is 0.345. The molecule has 1 saturated heterocycles. The number of halogens is 2. The SMILES string of the molecule is C[C@H]1CC[C@@H](c2nc(-c3ccc(C(=O)Nc4cc(C(C)(F)F)ccn4)cc3)c3c(N)nccn23)CN1C(=O)N(C)C. The summed E-state index contributed by atoms with van der Waals surface area (Å²) in [7, 11) is 3.49. The van der Waals surface area contributed by atoms with Crippen LogP contribution in [0.3, 0.4) is 0 Å². The summed E-state index contributed by atoms with van der Waals surface area (Å²) in [6.07, 6.45) is 6.37. The number of amides is 3. The molecule has 5 rings (SSSR count). The van der Waals surface area contributed by atoms with Gasteiger partial charge in [0, 0.05) is 74.8 Å². The van der Waals surface area contributed by atoms with E-state index < -0.39 is 11.8 Å². The first kappa shape index (κ1) is 27.9. The molecule has 214 valence electrons. The van der Waals surface area contributed by atoms with Crippen LogP contribution >= 0.6 is 0 Å². The van der Waals surface area contributed by atoms with Gasteiger partial charge in [-0.25, -0.2) is 28.5 Å². The van der Waals surface area contributed by atoms with Crippen molar-refractivity contribution in [3.8, 4) is 11.3 Å². The van der Waals surface area contributed by atoms with Gasteiger partial charge in [-0.2, -0.15) is 0 Å². The second-order valence-corrected chi connectivity index (χ2v) is 10.7. The van der Waals surface area contributed by atoms with Crippen molar-refractivity contribution in [3.05, 3.63) is 71.9 Å². The van der Waals surface area contributed by atoms with Crippen LogP contribution in [0.2, 0.25) is 0 Å². The molecule has 1 fully saturated rings. The van der Waals surface area contributed by atoms with E-state index in [4.69, 9.17) is 10.7 Å². The lowest BCUT2D eigenvalue weighted by atomic mass is 9.93. The maximum Gasteiger partial charge on any atom is 0.319 e. The highest BCUT2D eigenvalue weighted by molar-refractivity contribution is 6.04. The smallest absolute Gasteiger partial charge is 0.319 e. The minimum atomic E-state index is -3.05. The standard InChI is InChI=1S/C29H32F2N8O2/c1-17-5-6-20(16-39(17)28(41)37(3)4)26-36-23(24-25(32)34-13-14-38(24)26)18-7-9-19(10-8-18)27(40)35-22-15-21(11-12-33-22)29(2,30)31/h7-15,17,20H,5-6,16H2,1-4H3,(H2,32,34)(H,33,35,40)/t17-,20+/m0/s1. The molecular weight excluding hydrogens is 530 g/mol. The predicted molar refractivity (Wildman–Crippen MR) is 152 cm³/mol. The highest BCUT2D eigenvalue weighted by atomic mass is 19.3. The molecule has 4 heterocycles. The Labute approximate surface area is 236 Å². The van der Waals surface area contributed by atoms with E-state index in [1.54, 1.807) is 49.5 Å². The van der Waals surface area contributed by atoms with Gasteiger partial charge in [0.1, 0.15) is 28.7 Å². The number of alkyl halides is 2. The summed E-state index contributed by atoms with van der Waals surface area (Å²) in [4.78, 5) is 42.4. The van der Waals surface area contributed by atoms with Crippen molar-refractivity contribution >= 4 is 29.1 Å². The molecule has 0 radical (unpaired) electrons. The summed E-state index contributed by atoms with van der Waals surface area (Å²) in [6, 6.07) is 9.20. The molecule has 0 bridgehead atoms. The fourth-order valence-electron chi connectivity index (χ4n) is 5.16. The van der Waals surface area contributed by atoms with Gasteiger partial charge in [-0.15, -0.1) is 0 Å². The molecule has 0 aliphatic carbocycles. The van der Waals surface area contributed by atoms with E-state index in [-0.39, 0.29) is 29.4 Å². The van der Waals surface area contributed by atoms with Crippen molar-refractivity contribution < 1.29 is 18.4 Å². The van der Waals surface area contributed by atoms with Gasteiger partial charge < -0.3 is 20.9 Å². The number of anilines is 2. The molecule has 4 aromatic rings. The van der Waals surface area contributed by atoms with Crippen LogP contribution in [0.5, 0.6) is 0 Å². The Hall–Kier alpha value is -4.61. The van der Waals surface area contributed by atoms with Crippen molar-refractivity contribution in [2.24, 2.45) is 0 Å². The van der Waals surface area contributed by atoms with Gasteiger partial charge in [0.05, 0.1) is 0 Å². The molecule has 0 unspecified atom stereocenters. The zero-order chi connectivity index (χ0) is 29.5. The highest BCUT2D eigenvalue weighted by Crippen LogP contribution is 2.35. The van der Waals surface area contributed by atoms with Crippen LogP contribution in [0, 0.1) is 0 Å². The molecule has 3 aromatic heterocycles. The quantitative estimate of drug-likeness (QED) is 0.354. The summed E-state index contributed by atoms with van der Waals surface area (Å²) < 4.78 is 29.3. The monoisotopic (exact) mass is 562 g/mol. The number of fused-ring (bicyclic) bond motifs is 1. The number of nitrogens with two attached hydrogens (primary N) is 1. The third kappa shape index (κ3) is 5.54. The zero-order valence-corrected chi connectivity index (χ0v) is 23.3. The average molecular weight is 563 g/mol. The molecule has 1 aliphatic heterocycles. The van der Waals surface area contributed by atoms with Crippen LogP contribution < -0.4 is 11.1 Å². The van der Waals surface area contributed by atoms with E-state index in [2.05, 4.69) is 22.2 Å². The number of imidazole rings is 1. The molecule has 2 atom stereocenters. The highest BCUT2D eigenvalue weighted by Gasteiger charge is 2.33. The Kier molecular flexibility index (Phi) is 7.33. The number of hydrogen-bond donors (Lipinski definition) is 2. The Morgan fingerprint density at radius 1 is 1.10 bits per heavy atom. The van der Waals surface area contributed by atoms with Gasteiger partial charge in [0.25, 0.3) is 11.8 Å². The van der Waals surface area contributed by atoms with Crippen LogP contribution in [-0.4, -0.2) is 67.8 Å². The number of carbonyl (C=O) groups is 2. The summed E-state index contributed by atoms with van der Waals surface area (Å²) in [5.41, 5.74) is 8.37. The lowest BCUT2D eigenvalue weighted by Gasteiger charge is -2.38. The maximum absolute atomic E-state index is 13.7. The van der Waals surface area contributed by atoms with E-state index in [0.717, 1.165) is 37.2 Å². The zero-order valence-electron chi connectivity index (χ0n) is 23.3.